The third kappa shape index (κ3) is 3.25. The number of nitrogens with two attached hydrogens (primary N) is 1. The van der Waals surface area contributed by atoms with E-state index in [1.54, 1.807) is 11.3 Å². The first-order valence-corrected chi connectivity index (χ1v) is 6.85. The molecule has 0 atom stereocenters. The van der Waals surface area contributed by atoms with Gasteiger partial charge in [-0.3, -0.25) is 0 Å². The molecule has 0 bridgehead atoms. The Kier molecular flexibility index (Phi) is 3.94. The fourth-order valence-electron chi connectivity index (χ4n) is 1.82. The molecular weight excluding hydrogens is 285 g/mol. The molecule has 0 aliphatic carbocycles. The van der Waals surface area contributed by atoms with Crippen LogP contribution in [0.5, 0.6) is 0 Å². The molecule has 0 saturated heterocycles. The molecule has 0 unspecified atom stereocenters. The molecule has 0 aliphatic rings. The Morgan fingerprint density at radius 2 is 1.90 bits per heavy atom. The maximum Gasteiger partial charge on any atom is 0.416 e. The third-order valence-corrected chi connectivity index (χ3v) is 4.20. The van der Waals surface area contributed by atoms with Crippen molar-refractivity contribution in [3.8, 4) is 0 Å². The Morgan fingerprint density at radius 1 is 1.20 bits per heavy atom. The Morgan fingerprint density at radius 3 is 2.40 bits per heavy atom. The Balaban J connectivity index is 2.10. The normalized spacial score (nSPS) is 11.7. The van der Waals surface area contributed by atoms with Crippen molar-refractivity contribution >= 4 is 22.7 Å². The summed E-state index contributed by atoms with van der Waals surface area (Å²) >= 11 is 1.66. The number of aryl methyl sites for hydroxylation is 2. The van der Waals surface area contributed by atoms with Crippen LogP contribution in [0.4, 0.5) is 24.5 Å². The average Bonchev–Trinajstić information content (AvgIpc) is 2.66. The molecule has 0 spiro atoms. The largest absolute Gasteiger partial charge is 0.416 e. The highest BCUT2D eigenvalue weighted by Crippen LogP contribution is 2.33. The Labute approximate surface area is 119 Å². The average molecular weight is 300 g/mol. The van der Waals surface area contributed by atoms with Crippen LogP contribution in [0.2, 0.25) is 0 Å². The lowest BCUT2D eigenvalue weighted by molar-refractivity contribution is -0.137. The lowest BCUT2D eigenvalue weighted by Gasteiger charge is -2.12. The smallest absolute Gasteiger partial charge is 0.397 e. The molecule has 3 N–H and O–H groups in total. The van der Waals surface area contributed by atoms with Gasteiger partial charge in [0.1, 0.15) is 0 Å². The summed E-state index contributed by atoms with van der Waals surface area (Å²) in [7, 11) is 0. The minimum atomic E-state index is -4.37. The molecule has 2 nitrogen and oxygen atoms in total. The molecule has 6 heteroatoms. The molecule has 1 heterocycles. The second-order valence-corrected chi connectivity index (χ2v) is 5.95. The predicted octanol–water partition coefficient (Wildman–Crippen LogP) is 4.58. The van der Waals surface area contributed by atoms with Gasteiger partial charge in [0.2, 0.25) is 0 Å². The first-order chi connectivity index (χ1) is 9.27. The van der Waals surface area contributed by atoms with Gasteiger partial charge >= 0.3 is 6.18 Å². The first-order valence-electron chi connectivity index (χ1n) is 6.04. The number of halogens is 3. The van der Waals surface area contributed by atoms with Gasteiger partial charge in [-0.2, -0.15) is 13.2 Å². The lowest BCUT2D eigenvalue weighted by atomic mass is 10.1. The van der Waals surface area contributed by atoms with E-state index < -0.39 is 11.7 Å². The standard InChI is InChI=1S/C14H15F3N2S/c1-8-5-11(20-9(8)2)7-19-13-4-3-10(6-12(13)18)14(15,16)17/h3-6,19H,7,18H2,1-2H3. The predicted molar refractivity (Wildman–Crippen MR) is 77.0 cm³/mol. The first kappa shape index (κ1) is 14.7. The van der Waals surface area contributed by atoms with E-state index in [2.05, 4.69) is 11.4 Å². The van der Waals surface area contributed by atoms with E-state index in [4.69, 9.17) is 5.73 Å². The van der Waals surface area contributed by atoms with E-state index in [9.17, 15) is 13.2 Å². The van der Waals surface area contributed by atoms with Crippen molar-refractivity contribution in [2.75, 3.05) is 11.1 Å². The van der Waals surface area contributed by atoms with Gasteiger partial charge in [-0.15, -0.1) is 11.3 Å². The van der Waals surface area contributed by atoms with Crippen molar-refractivity contribution in [3.63, 3.8) is 0 Å². The van der Waals surface area contributed by atoms with Gasteiger partial charge in [0, 0.05) is 16.3 Å². The van der Waals surface area contributed by atoms with Crippen LogP contribution in [-0.2, 0) is 12.7 Å². The van der Waals surface area contributed by atoms with E-state index in [1.807, 2.05) is 13.8 Å². The highest BCUT2D eigenvalue weighted by molar-refractivity contribution is 7.12. The van der Waals surface area contributed by atoms with Crippen LogP contribution in [0.15, 0.2) is 24.3 Å². The topological polar surface area (TPSA) is 38.0 Å². The number of nitrogens with one attached hydrogen (secondary N) is 1. The number of nitrogen functional groups attached to an aromatic ring is 1. The van der Waals surface area contributed by atoms with E-state index >= 15 is 0 Å². The van der Waals surface area contributed by atoms with Crippen LogP contribution in [-0.4, -0.2) is 0 Å². The van der Waals surface area contributed by atoms with Crippen LogP contribution >= 0.6 is 11.3 Å². The van der Waals surface area contributed by atoms with Crippen molar-refractivity contribution in [3.05, 3.63) is 45.1 Å². The van der Waals surface area contributed by atoms with Gasteiger partial charge in [0.15, 0.2) is 0 Å². The minimum absolute atomic E-state index is 0.102. The maximum atomic E-state index is 12.5. The summed E-state index contributed by atoms with van der Waals surface area (Å²) in [5.74, 6) is 0. The van der Waals surface area contributed by atoms with Gasteiger partial charge in [-0.05, 0) is 43.7 Å². The summed E-state index contributed by atoms with van der Waals surface area (Å²) < 4.78 is 37.6. The van der Waals surface area contributed by atoms with E-state index in [-0.39, 0.29) is 5.69 Å². The van der Waals surface area contributed by atoms with Crippen LogP contribution in [0.3, 0.4) is 0 Å². The summed E-state index contributed by atoms with van der Waals surface area (Å²) in [6, 6.07) is 5.41. The van der Waals surface area contributed by atoms with Gasteiger partial charge in [-0.25, -0.2) is 0 Å². The lowest BCUT2D eigenvalue weighted by Crippen LogP contribution is -2.07. The second-order valence-electron chi connectivity index (χ2n) is 4.61. The van der Waals surface area contributed by atoms with Crippen LogP contribution in [0.1, 0.15) is 20.9 Å². The molecule has 20 heavy (non-hydrogen) atoms. The fourth-order valence-corrected chi connectivity index (χ4v) is 2.81. The van der Waals surface area contributed by atoms with E-state index in [0.29, 0.717) is 12.2 Å². The molecule has 0 fully saturated rings. The van der Waals surface area contributed by atoms with Crippen molar-refractivity contribution in [1.82, 2.24) is 0 Å². The number of hydrogen-bond donors (Lipinski definition) is 2. The monoisotopic (exact) mass is 300 g/mol. The SMILES string of the molecule is Cc1cc(CNc2ccc(C(F)(F)F)cc2N)sc1C. The van der Waals surface area contributed by atoms with Gasteiger partial charge in [-0.1, -0.05) is 0 Å². The summed E-state index contributed by atoms with van der Waals surface area (Å²) in [4.78, 5) is 2.36. The number of benzene rings is 1. The number of hydrogen-bond acceptors (Lipinski definition) is 3. The highest BCUT2D eigenvalue weighted by atomic mass is 32.1. The maximum absolute atomic E-state index is 12.5. The minimum Gasteiger partial charge on any atom is -0.397 e. The van der Waals surface area contributed by atoms with Crippen LogP contribution in [0, 0.1) is 13.8 Å². The summed E-state index contributed by atoms with van der Waals surface area (Å²) in [6.07, 6.45) is -4.37. The molecular formula is C14H15F3N2S. The molecule has 2 rings (SSSR count). The molecule has 1 aromatic carbocycles. The quantitative estimate of drug-likeness (QED) is 0.814. The number of rotatable bonds is 3. The Hall–Kier alpha value is -1.69. The van der Waals surface area contributed by atoms with Crippen molar-refractivity contribution < 1.29 is 13.2 Å². The van der Waals surface area contributed by atoms with E-state index in [0.717, 1.165) is 17.0 Å². The molecule has 0 amide bonds. The van der Waals surface area contributed by atoms with Crippen molar-refractivity contribution in [2.24, 2.45) is 0 Å². The third-order valence-electron chi connectivity index (χ3n) is 3.05. The number of alkyl halides is 3. The zero-order valence-electron chi connectivity index (χ0n) is 11.1. The van der Waals surface area contributed by atoms with Gasteiger partial charge in [0.05, 0.1) is 16.9 Å². The number of thiophene rings is 1. The molecule has 0 radical (unpaired) electrons. The van der Waals surface area contributed by atoms with E-state index in [1.165, 1.54) is 16.5 Å². The van der Waals surface area contributed by atoms with Crippen LogP contribution in [0.25, 0.3) is 0 Å². The number of anilines is 2. The summed E-state index contributed by atoms with van der Waals surface area (Å²) in [5.41, 5.74) is 6.76. The van der Waals surface area contributed by atoms with Crippen LogP contribution < -0.4 is 11.1 Å². The highest BCUT2D eigenvalue weighted by Gasteiger charge is 2.30. The van der Waals surface area contributed by atoms with Gasteiger partial charge in [0.25, 0.3) is 0 Å². The van der Waals surface area contributed by atoms with Crippen molar-refractivity contribution in [1.29, 1.82) is 0 Å². The van der Waals surface area contributed by atoms with Crippen molar-refractivity contribution in [2.45, 2.75) is 26.6 Å². The second kappa shape index (κ2) is 5.36. The summed E-state index contributed by atoms with van der Waals surface area (Å²) in [6.45, 7) is 4.62. The summed E-state index contributed by atoms with van der Waals surface area (Å²) in [5, 5.41) is 3.07. The van der Waals surface area contributed by atoms with Gasteiger partial charge < -0.3 is 11.1 Å². The molecule has 2 aromatic rings. The molecule has 1 aromatic heterocycles. The Bertz CT molecular complexity index is 598. The zero-order valence-corrected chi connectivity index (χ0v) is 12.0. The fraction of sp³-hybridized carbons (Fsp3) is 0.286. The molecule has 108 valence electrons. The zero-order chi connectivity index (χ0) is 14.9. The molecule has 0 saturated carbocycles. The molecule has 0 aliphatic heterocycles.